The summed E-state index contributed by atoms with van der Waals surface area (Å²) in [4.78, 5) is 31.4. The lowest BCUT2D eigenvalue weighted by Gasteiger charge is -2.37. The zero-order valence-corrected chi connectivity index (χ0v) is 24.1. The Morgan fingerprint density at radius 1 is 1.05 bits per heavy atom. The number of anilines is 1. The van der Waals surface area contributed by atoms with E-state index in [2.05, 4.69) is 55.6 Å². The monoisotopic (exact) mass is 555 g/mol. The van der Waals surface area contributed by atoms with E-state index in [0.29, 0.717) is 24.9 Å². The van der Waals surface area contributed by atoms with Crippen molar-refractivity contribution in [2.45, 2.75) is 76.6 Å². The number of amides is 1. The number of ether oxygens (including phenoxy) is 1. The van der Waals surface area contributed by atoms with Crippen LogP contribution in [0.15, 0.2) is 60.9 Å². The Kier molecular flexibility index (Phi) is 7.84. The van der Waals surface area contributed by atoms with Gasteiger partial charge in [-0.25, -0.2) is 0 Å². The minimum Gasteiger partial charge on any atom is -0.480 e. The molecule has 0 radical (unpaired) electrons. The molecule has 0 spiro atoms. The van der Waals surface area contributed by atoms with Gasteiger partial charge in [0, 0.05) is 49.2 Å². The maximum Gasteiger partial charge on any atom is 0.228 e. The highest BCUT2D eigenvalue weighted by Gasteiger charge is 2.38. The minimum atomic E-state index is -0.914. The van der Waals surface area contributed by atoms with Crippen molar-refractivity contribution in [1.29, 1.82) is 0 Å². The molecule has 1 amide bonds. The third kappa shape index (κ3) is 6.32. The van der Waals surface area contributed by atoms with Crippen molar-refractivity contribution in [2.24, 2.45) is 5.92 Å². The lowest BCUT2D eigenvalue weighted by Crippen LogP contribution is -2.48. The van der Waals surface area contributed by atoms with E-state index < -0.39 is 5.60 Å². The van der Waals surface area contributed by atoms with Gasteiger partial charge in [-0.3, -0.25) is 14.7 Å². The maximum atomic E-state index is 13.9. The van der Waals surface area contributed by atoms with Gasteiger partial charge in [-0.1, -0.05) is 30.3 Å². The average molecular weight is 556 g/mol. The zero-order valence-electron chi connectivity index (χ0n) is 24.1. The molecule has 2 aromatic carbocycles. The normalized spacial score (nSPS) is 21.1. The number of benzene rings is 2. The van der Waals surface area contributed by atoms with E-state index in [9.17, 15) is 9.59 Å². The Morgan fingerprint density at radius 2 is 1.88 bits per heavy atom. The molecular weight excluding hydrogens is 514 g/mol. The molecule has 1 aliphatic carbocycles. The Bertz CT molecular complexity index is 1340. The van der Waals surface area contributed by atoms with E-state index in [1.54, 1.807) is 0 Å². The smallest absolute Gasteiger partial charge is 0.228 e. The second-order valence-corrected chi connectivity index (χ2v) is 12.3. The van der Waals surface area contributed by atoms with Crippen LogP contribution in [0.5, 0.6) is 5.75 Å². The van der Waals surface area contributed by atoms with Crippen molar-refractivity contribution in [3.8, 4) is 16.9 Å². The molecule has 3 fully saturated rings. The Hall–Kier alpha value is -3.65. The van der Waals surface area contributed by atoms with Crippen LogP contribution in [0.4, 0.5) is 5.69 Å². The predicted molar refractivity (Wildman–Crippen MR) is 160 cm³/mol. The van der Waals surface area contributed by atoms with Gasteiger partial charge in [-0.15, -0.1) is 0 Å². The van der Waals surface area contributed by atoms with Gasteiger partial charge in [-0.2, -0.15) is 5.10 Å². The summed E-state index contributed by atoms with van der Waals surface area (Å²) >= 11 is 0. The fourth-order valence-corrected chi connectivity index (χ4v) is 6.25. The lowest BCUT2D eigenvalue weighted by atomic mass is 9.95. The number of carbonyl (C=O) groups excluding carboxylic acids is 2. The van der Waals surface area contributed by atoms with Crippen molar-refractivity contribution in [3.63, 3.8) is 0 Å². The van der Waals surface area contributed by atoms with E-state index in [1.807, 2.05) is 44.4 Å². The second kappa shape index (κ2) is 11.7. The van der Waals surface area contributed by atoms with Crippen LogP contribution in [0.2, 0.25) is 0 Å². The summed E-state index contributed by atoms with van der Waals surface area (Å²) in [5, 5.41) is 10.2. The van der Waals surface area contributed by atoms with Gasteiger partial charge in [0.2, 0.25) is 5.91 Å². The first kappa shape index (κ1) is 27.5. The van der Waals surface area contributed by atoms with E-state index in [1.165, 1.54) is 0 Å². The third-order valence-electron chi connectivity index (χ3n) is 8.71. The molecule has 3 aliphatic rings. The van der Waals surface area contributed by atoms with Gasteiger partial charge >= 0.3 is 0 Å². The summed E-state index contributed by atoms with van der Waals surface area (Å²) in [6.07, 6.45) is 9.64. The molecule has 41 heavy (non-hydrogen) atoms. The van der Waals surface area contributed by atoms with Gasteiger partial charge < -0.3 is 19.9 Å². The van der Waals surface area contributed by atoms with Crippen LogP contribution in [0.3, 0.4) is 0 Å². The van der Waals surface area contributed by atoms with Crippen molar-refractivity contribution in [3.05, 3.63) is 66.5 Å². The van der Waals surface area contributed by atoms with Gasteiger partial charge in [0.15, 0.2) is 11.4 Å². The van der Waals surface area contributed by atoms with Crippen molar-refractivity contribution in [2.75, 3.05) is 24.5 Å². The number of H-pyrrole nitrogens is 1. The predicted octanol–water partition coefficient (Wildman–Crippen LogP) is 4.96. The first-order valence-corrected chi connectivity index (χ1v) is 15.1. The summed E-state index contributed by atoms with van der Waals surface area (Å²) in [5.74, 6) is 1.01. The molecule has 2 saturated heterocycles. The molecule has 216 valence electrons. The number of ketones is 1. The number of aromatic amines is 1. The van der Waals surface area contributed by atoms with Crippen LogP contribution in [0, 0.1) is 5.92 Å². The number of carbonyl (C=O) groups is 2. The van der Waals surface area contributed by atoms with Crippen LogP contribution in [0.25, 0.3) is 11.1 Å². The molecule has 0 bridgehead atoms. The first-order chi connectivity index (χ1) is 19.9. The van der Waals surface area contributed by atoms with Crippen LogP contribution >= 0.6 is 0 Å². The highest BCUT2D eigenvalue weighted by molar-refractivity contribution is 5.92. The molecule has 1 saturated carbocycles. The number of rotatable bonds is 10. The first-order valence-electron chi connectivity index (χ1n) is 15.1. The summed E-state index contributed by atoms with van der Waals surface area (Å²) in [6, 6.07) is 16.7. The average Bonchev–Trinajstić information content (AvgIpc) is 3.42. The fraction of sp³-hybridized carbons (Fsp3) is 0.485. The number of hydrogen-bond donors (Lipinski definition) is 2. The number of piperidine rings is 1. The largest absolute Gasteiger partial charge is 0.480 e. The minimum absolute atomic E-state index is 0.0365. The van der Waals surface area contributed by atoms with E-state index in [0.717, 1.165) is 74.0 Å². The van der Waals surface area contributed by atoms with Gasteiger partial charge in [0.05, 0.1) is 18.2 Å². The fourth-order valence-electron chi connectivity index (χ4n) is 6.25. The third-order valence-corrected chi connectivity index (χ3v) is 8.71. The Morgan fingerprint density at radius 3 is 2.59 bits per heavy atom. The topological polar surface area (TPSA) is 90.6 Å². The van der Waals surface area contributed by atoms with Crippen molar-refractivity contribution in [1.82, 2.24) is 20.4 Å². The molecule has 8 heteroatoms. The molecule has 6 rings (SSSR count). The highest BCUT2D eigenvalue weighted by Crippen LogP contribution is 2.34. The number of nitrogens with one attached hydrogen (secondary N) is 2. The van der Waals surface area contributed by atoms with Crippen molar-refractivity contribution >= 4 is 17.4 Å². The number of Topliss-reactive ketones (excluding diaryl/α,β-unsaturated/α-hetero) is 1. The molecule has 3 heterocycles. The molecule has 2 atom stereocenters. The van der Waals surface area contributed by atoms with Gasteiger partial charge in [-0.05, 0) is 82.2 Å². The van der Waals surface area contributed by atoms with E-state index in [-0.39, 0.29) is 23.7 Å². The van der Waals surface area contributed by atoms with Crippen LogP contribution < -0.4 is 15.0 Å². The van der Waals surface area contributed by atoms with Gasteiger partial charge in [0.1, 0.15) is 5.75 Å². The zero-order chi connectivity index (χ0) is 28.4. The lowest BCUT2D eigenvalue weighted by molar-refractivity contribution is -0.137. The molecular formula is C33H41N5O3. The van der Waals surface area contributed by atoms with E-state index in [4.69, 9.17) is 4.74 Å². The summed E-state index contributed by atoms with van der Waals surface area (Å²) in [5.41, 5.74) is 3.45. The highest BCUT2D eigenvalue weighted by atomic mass is 16.5. The molecule has 2 N–H and O–H groups in total. The van der Waals surface area contributed by atoms with Gasteiger partial charge in [0.25, 0.3) is 0 Å². The second-order valence-electron chi connectivity index (χ2n) is 12.3. The standard InChI is InChI=1S/C33H41N5O3/c1-33(2,31(39)30-9-4-16-34-30)41-29-8-3-7-28(18-29)37-17-5-6-25(22-37)32(40)38(27-14-15-27)21-23-10-12-24(13-11-23)26-19-35-36-20-26/h3,7-8,10-13,18-20,25,27,30,34H,4-6,9,14-17,21-22H2,1-2H3,(H,35,36)/t25-,30+/m1/s1. The van der Waals surface area contributed by atoms with Crippen LogP contribution in [0.1, 0.15) is 57.9 Å². The SMILES string of the molecule is CC(C)(Oc1cccc(N2CCC[C@@H](C(=O)N(Cc3ccc(-c4cn[nH]c4)cc3)C3CC3)C2)c1)C(=O)[C@@H]1CCCN1. The summed E-state index contributed by atoms with van der Waals surface area (Å²) < 4.78 is 6.26. The van der Waals surface area contributed by atoms with E-state index >= 15 is 0 Å². The number of nitrogens with zero attached hydrogens (tertiary/aromatic N) is 3. The molecule has 8 nitrogen and oxygen atoms in total. The van der Waals surface area contributed by atoms with Crippen LogP contribution in [-0.2, 0) is 16.1 Å². The summed E-state index contributed by atoms with van der Waals surface area (Å²) in [6.45, 7) is 6.84. The molecule has 0 unspecified atom stereocenters. The Balaban J connectivity index is 1.11. The molecule has 2 aliphatic heterocycles. The Labute approximate surface area is 242 Å². The van der Waals surface area contributed by atoms with Crippen molar-refractivity contribution < 1.29 is 14.3 Å². The quantitative estimate of drug-likeness (QED) is 0.368. The molecule has 1 aromatic heterocycles. The van der Waals surface area contributed by atoms with Crippen LogP contribution in [-0.4, -0.2) is 64.1 Å². The molecule has 3 aromatic rings. The summed E-state index contributed by atoms with van der Waals surface area (Å²) in [7, 11) is 0. The number of aromatic nitrogens is 2. The number of hydrogen-bond acceptors (Lipinski definition) is 6. The maximum absolute atomic E-state index is 13.9.